The Balaban J connectivity index is 1.67. The van der Waals surface area contributed by atoms with Gasteiger partial charge in [0.15, 0.2) is 11.5 Å². The first-order valence-corrected chi connectivity index (χ1v) is 6.18. The second kappa shape index (κ2) is 5.16. The highest BCUT2D eigenvalue weighted by atomic mass is 16.7. The SMILES string of the molecule is Cc1cc(CNC(=O)c2ccc3c(c2)OCO3)ncn1. The van der Waals surface area contributed by atoms with Crippen molar-refractivity contribution in [2.45, 2.75) is 13.5 Å². The standard InChI is InChI=1S/C14H13N3O3/c1-9-4-11(17-7-16-9)6-15-14(18)10-2-3-12-13(5-10)20-8-19-12/h2-5,7H,6,8H2,1H3,(H,15,18). The molecule has 0 bridgehead atoms. The number of hydrogen-bond donors (Lipinski definition) is 1. The molecule has 3 rings (SSSR count). The Labute approximate surface area is 115 Å². The van der Waals surface area contributed by atoms with Crippen LogP contribution < -0.4 is 14.8 Å². The van der Waals surface area contributed by atoms with Crippen molar-refractivity contribution in [3.8, 4) is 11.5 Å². The van der Waals surface area contributed by atoms with Crippen molar-refractivity contribution < 1.29 is 14.3 Å². The molecule has 0 saturated carbocycles. The third kappa shape index (κ3) is 2.54. The fourth-order valence-electron chi connectivity index (χ4n) is 1.92. The summed E-state index contributed by atoms with van der Waals surface area (Å²) in [6.07, 6.45) is 1.48. The Morgan fingerprint density at radius 3 is 2.95 bits per heavy atom. The minimum atomic E-state index is -0.181. The van der Waals surface area contributed by atoms with Crippen LogP contribution >= 0.6 is 0 Å². The molecule has 6 heteroatoms. The van der Waals surface area contributed by atoms with E-state index < -0.39 is 0 Å². The van der Waals surface area contributed by atoms with E-state index in [1.54, 1.807) is 18.2 Å². The highest BCUT2D eigenvalue weighted by molar-refractivity contribution is 5.94. The van der Waals surface area contributed by atoms with Crippen molar-refractivity contribution in [1.82, 2.24) is 15.3 Å². The lowest BCUT2D eigenvalue weighted by Crippen LogP contribution is -2.23. The molecule has 1 aromatic heterocycles. The monoisotopic (exact) mass is 271 g/mol. The Hall–Kier alpha value is -2.63. The highest BCUT2D eigenvalue weighted by Crippen LogP contribution is 2.32. The van der Waals surface area contributed by atoms with Gasteiger partial charge >= 0.3 is 0 Å². The summed E-state index contributed by atoms with van der Waals surface area (Å²) in [6, 6.07) is 6.93. The van der Waals surface area contributed by atoms with Gasteiger partial charge in [0, 0.05) is 11.3 Å². The van der Waals surface area contributed by atoms with Crippen LogP contribution in [0.5, 0.6) is 11.5 Å². The molecule has 0 unspecified atom stereocenters. The third-order valence-corrected chi connectivity index (χ3v) is 2.93. The van der Waals surface area contributed by atoms with Crippen molar-refractivity contribution in [2.75, 3.05) is 6.79 Å². The molecule has 102 valence electrons. The van der Waals surface area contributed by atoms with Crippen LogP contribution in [-0.4, -0.2) is 22.7 Å². The molecule has 0 spiro atoms. The lowest BCUT2D eigenvalue weighted by molar-refractivity contribution is 0.0950. The summed E-state index contributed by atoms with van der Waals surface area (Å²) in [5, 5.41) is 2.81. The number of rotatable bonds is 3. The maximum Gasteiger partial charge on any atom is 0.251 e. The van der Waals surface area contributed by atoms with Crippen molar-refractivity contribution in [1.29, 1.82) is 0 Å². The molecule has 0 saturated heterocycles. The first kappa shape index (κ1) is 12.4. The molecular formula is C14H13N3O3. The maximum atomic E-state index is 12.1. The van der Waals surface area contributed by atoms with Crippen LogP contribution in [-0.2, 0) is 6.54 Å². The van der Waals surface area contributed by atoms with Gasteiger partial charge in [-0.3, -0.25) is 4.79 Å². The fourth-order valence-corrected chi connectivity index (χ4v) is 1.92. The summed E-state index contributed by atoms with van der Waals surface area (Å²) in [7, 11) is 0. The maximum absolute atomic E-state index is 12.1. The number of carbonyl (C=O) groups is 1. The van der Waals surface area contributed by atoms with Crippen LogP contribution in [0.25, 0.3) is 0 Å². The fraction of sp³-hybridized carbons (Fsp3) is 0.214. The van der Waals surface area contributed by atoms with Gasteiger partial charge in [-0.05, 0) is 31.2 Å². The Morgan fingerprint density at radius 1 is 1.25 bits per heavy atom. The molecule has 20 heavy (non-hydrogen) atoms. The van der Waals surface area contributed by atoms with Crippen LogP contribution in [0.1, 0.15) is 21.7 Å². The van der Waals surface area contributed by atoms with E-state index in [2.05, 4.69) is 15.3 Å². The second-order valence-electron chi connectivity index (χ2n) is 4.40. The van der Waals surface area contributed by atoms with E-state index in [1.807, 2.05) is 13.0 Å². The van der Waals surface area contributed by atoms with Gasteiger partial charge in [0.05, 0.1) is 12.2 Å². The minimum Gasteiger partial charge on any atom is -0.454 e. The first-order valence-electron chi connectivity index (χ1n) is 6.18. The topological polar surface area (TPSA) is 73.3 Å². The van der Waals surface area contributed by atoms with Crippen molar-refractivity contribution in [3.63, 3.8) is 0 Å². The normalized spacial score (nSPS) is 12.2. The summed E-state index contributed by atoms with van der Waals surface area (Å²) in [6.45, 7) is 2.43. The van der Waals surface area contributed by atoms with Gasteiger partial charge in [-0.1, -0.05) is 0 Å². The summed E-state index contributed by atoms with van der Waals surface area (Å²) in [5.74, 6) is 1.07. The molecule has 1 aliphatic rings. The Kier molecular flexibility index (Phi) is 3.20. The molecule has 2 aromatic rings. The van der Waals surface area contributed by atoms with Crippen molar-refractivity contribution >= 4 is 5.91 Å². The van der Waals surface area contributed by atoms with Gasteiger partial charge in [-0.15, -0.1) is 0 Å². The molecule has 1 amide bonds. The molecule has 1 aromatic carbocycles. The van der Waals surface area contributed by atoms with Gasteiger partial charge in [0.1, 0.15) is 6.33 Å². The molecule has 0 radical (unpaired) electrons. The molecule has 6 nitrogen and oxygen atoms in total. The molecule has 0 aliphatic carbocycles. The predicted octanol–water partition coefficient (Wildman–Crippen LogP) is 1.44. The summed E-state index contributed by atoms with van der Waals surface area (Å²) in [5.41, 5.74) is 2.17. The van der Waals surface area contributed by atoms with Crippen molar-refractivity contribution in [3.05, 3.63) is 47.5 Å². The summed E-state index contributed by atoms with van der Waals surface area (Å²) in [4.78, 5) is 20.2. The number of amides is 1. The number of nitrogens with zero attached hydrogens (tertiary/aromatic N) is 2. The number of carbonyl (C=O) groups excluding carboxylic acids is 1. The smallest absolute Gasteiger partial charge is 0.251 e. The van der Waals surface area contributed by atoms with E-state index in [0.717, 1.165) is 11.4 Å². The van der Waals surface area contributed by atoms with Gasteiger partial charge in [0.25, 0.3) is 5.91 Å². The van der Waals surface area contributed by atoms with E-state index in [1.165, 1.54) is 6.33 Å². The largest absolute Gasteiger partial charge is 0.454 e. The molecular weight excluding hydrogens is 258 g/mol. The van der Waals surface area contributed by atoms with Gasteiger partial charge < -0.3 is 14.8 Å². The highest BCUT2D eigenvalue weighted by Gasteiger charge is 2.16. The number of ether oxygens (including phenoxy) is 2. The number of aryl methyl sites for hydroxylation is 1. The van der Waals surface area contributed by atoms with E-state index in [4.69, 9.17) is 9.47 Å². The quantitative estimate of drug-likeness (QED) is 0.914. The minimum absolute atomic E-state index is 0.181. The van der Waals surface area contributed by atoms with Crippen LogP contribution in [0.4, 0.5) is 0 Å². The average Bonchev–Trinajstić information content (AvgIpc) is 2.92. The molecule has 0 fully saturated rings. The number of fused-ring (bicyclic) bond motifs is 1. The van der Waals surface area contributed by atoms with Crippen LogP contribution in [0.2, 0.25) is 0 Å². The van der Waals surface area contributed by atoms with Gasteiger partial charge in [-0.25, -0.2) is 9.97 Å². The molecule has 1 N–H and O–H groups in total. The Morgan fingerprint density at radius 2 is 2.10 bits per heavy atom. The Bertz CT molecular complexity index is 658. The zero-order valence-electron chi connectivity index (χ0n) is 10.9. The van der Waals surface area contributed by atoms with E-state index in [9.17, 15) is 4.79 Å². The number of benzene rings is 1. The number of nitrogens with one attached hydrogen (secondary N) is 1. The van der Waals surface area contributed by atoms with Crippen LogP contribution in [0, 0.1) is 6.92 Å². The summed E-state index contributed by atoms with van der Waals surface area (Å²) < 4.78 is 10.4. The molecule has 1 aliphatic heterocycles. The third-order valence-electron chi connectivity index (χ3n) is 2.93. The second-order valence-corrected chi connectivity index (χ2v) is 4.40. The zero-order chi connectivity index (χ0) is 13.9. The average molecular weight is 271 g/mol. The molecule has 2 heterocycles. The van der Waals surface area contributed by atoms with Gasteiger partial charge in [-0.2, -0.15) is 0 Å². The van der Waals surface area contributed by atoms with Crippen LogP contribution in [0.3, 0.4) is 0 Å². The predicted molar refractivity (Wildman–Crippen MR) is 70.5 cm³/mol. The summed E-state index contributed by atoms with van der Waals surface area (Å²) >= 11 is 0. The van der Waals surface area contributed by atoms with E-state index in [-0.39, 0.29) is 12.7 Å². The molecule has 0 atom stereocenters. The van der Waals surface area contributed by atoms with E-state index in [0.29, 0.717) is 23.6 Å². The number of aromatic nitrogens is 2. The van der Waals surface area contributed by atoms with Crippen LogP contribution in [0.15, 0.2) is 30.6 Å². The zero-order valence-corrected chi connectivity index (χ0v) is 10.9. The first-order chi connectivity index (χ1) is 9.72. The van der Waals surface area contributed by atoms with E-state index >= 15 is 0 Å². The lowest BCUT2D eigenvalue weighted by Gasteiger charge is -2.06. The van der Waals surface area contributed by atoms with Crippen molar-refractivity contribution in [2.24, 2.45) is 0 Å². The lowest BCUT2D eigenvalue weighted by atomic mass is 10.2. The van der Waals surface area contributed by atoms with Gasteiger partial charge in [0.2, 0.25) is 6.79 Å². The number of hydrogen-bond acceptors (Lipinski definition) is 5.